The summed E-state index contributed by atoms with van der Waals surface area (Å²) in [7, 11) is 2.03. The average Bonchev–Trinajstić information content (AvgIpc) is 3.07. The van der Waals surface area contributed by atoms with Crippen LogP contribution in [0.1, 0.15) is 24.2 Å². The molecule has 148 valence electrons. The zero-order valence-corrected chi connectivity index (χ0v) is 16.1. The van der Waals surface area contributed by atoms with Gasteiger partial charge in [0.15, 0.2) is 0 Å². The Balaban J connectivity index is 1.56. The smallest absolute Gasteiger partial charge is 0.313 e. The summed E-state index contributed by atoms with van der Waals surface area (Å²) in [5, 5.41) is 15.4. The van der Waals surface area contributed by atoms with Gasteiger partial charge in [0.1, 0.15) is 5.75 Å². The predicted octanol–water partition coefficient (Wildman–Crippen LogP) is 1.87. The Morgan fingerprint density at radius 2 is 2.00 bits per heavy atom. The Morgan fingerprint density at radius 3 is 2.79 bits per heavy atom. The SMILES string of the molecule is CCOc1ccccc1NC(=O)C(=O)NCC(O)c1ccc2c(c1)CCN2C. The van der Waals surface area contributed by atoms with E-state index in [2.05, 4.69) is 15.5 Å². The number of anilines is 2. The van der Waals surface area contributed by atoms with E-state index in [4.69, 9.17) is 4.74 Å². The van der Waals surface area contributed by atoms with Gasteiger partial charge in [0, 0.05) is 25.8 Å². The maximum absolute atomic E-state index is 12.1. The van der Waals surface area contributed by atoms with E-state index in [0.29, 0.717) is 18.0 Å². The molecule has 7 heteroatoms. The number of hydrogen-bond donors (Lipinski definition) is 3. The zero-order valence-electron chi connectivity index (χ0n) is 16.1. The van der Waals surface area contributed by atoms with Crippen molar-refractivity contribution in [2.75, 3.05) is 37.0 Å². The molecule has 2 amide bonds. The summed E-state index contributed by atoms with van der Waals surface area (Å²) in [4.78, 5) is 26.4. The number of carbonyl (C=O) groups excluding carboxylic acids is 2. The fourth-order valence-electron chi connectivity index (χ4n) is 3.21. The van der Waals surface area contributed by atoms with Crippen molar-refractivity contribution in [3.05, 3.63) is 53.6 Å². The Labute approximate surface area is 164 Å². The van der Waals surface area contributed by atoms with Crippen molar-refractivity contribution in [3.8, 4) is 5.75 Å². The topological polar surface area (TPSA) is 90.9 Å². The van der Waals surface area contributed by atoms with Crippen molar-refractivity contribution in [3.63, 3.8) is 0 Å². The number of para-hydroxylation sites is 2. The van der Waals surface area contributed by atoms with E-state index in [1.807, 2.05) is 32.2 Å². The number of carbonyl (C=O) groups is 2. The molecule has 2 aromatic rings. The van der Waals surface area contributed by atoms with Crippen LogP contribution in [0, 0.1) is 0 Å². The predicted molar refractivity (Wildman–Crippen MR) is 108 cm³/mol. The van der Waals surface area contributed by atoms with E-state index in [9.17, 15) is 14.7 Å². The molecule has 0 radical (unpaired) electrons. The lowest BCUT2D eigenvalue weighted by Crippen LogP contribution is -2.37. The van der Waals surface area contributed by atoms with Gasteiger partial charge >= 0.3 is 11.8 Å². The summed E-state index contributed by atoms with van der Waals surface area (Å²) in [6.45, 7) is 3.19. The van der Waals surface area contributed by atoms with Gasteiger partial charge in [-0.05, 0) is 42.7 Å². The molecule has 1 heterocycles. The van der Waals surface area contributed by atoms with Crippen molar-refractivity contribution in [2.24, 2.45) is 0 Å². The lowest BCUT2D eigenvalue weighted by molar-refractivity contribution is -0.136. The Bertz CT molecular complexity index is 868. The van der Waals surface area contributed by atoms with Gasteiger partial charge < -0.3 is 25.4 Å². The van der Waals surface area contributed by atoms with Gasteiger partial charge in [0.05, 0.1) is 18.4 Å². The highest BCUT2D eigenvalue weighted by Gasteiger charge is 2.20. The van der Waals surface area contributed by atoms with Crippen molar-refractivity contribution >= 4 is 23.2 Å². The maximum Gasteiger partial charge on any atom is 0.313 e. The van der Waals surface area contributed by atoms with Crippen LogP contribution in [-0.2, 0) is 16.0 Å². The summed E-state index contributed by atoms with van der Waals surface area (Å²) in [5.41, 5.74) is 3.48. The molecule has 3 rings (SSSR count). The van der Waals surface area contributed by atoms with Crippen LogP contribution in [-0.4, -0.2) is 43.7 Å². The Kier molecular flexibility index (Phi) is 6.16. The highest BCUT2D eigenvalue weighted by molar-refractivity contribution is 6.39. The molecular weight excluding hydrogens is 358 g/mol. The third-order valence-corrected chi connectivity index (χ3v) is 4.71. The normalized spacial score (nSPS) is 13.6. The van der Waals surface area contributed by atoms with Gasteiger partial charge in [0.25, 0.3) is 0 Å². The van der Waals surface area contributed by atoms with Crippen LogP contribution in [0.3, 0.4) is 0 Å². The first kappa shape index (κ1) is 19.7. The molecule has 1 unspecified atom stereocenters. The first-order valence-corrected chi connectivity index (χ1v) is 9.32. The molecule has 1 aliphatic rings. The van der Waals surface area contributed by atoms with Gasteiger partial charge in [0.2, 0.25) is 0 Å². The van der Waals surface area contributed by atoms with E-state index >= 15 is 0 Å². The summed E-state index contributed by atoms with van der Waals surface area (Å²) < 4.78 is 5.43. The summed E-state index contributed by atoms with van der Waals surface area (Å²) in [6, 6.07) is 12.7. The summed E-state index contributed by atoms with van der Waals surface area (Å²) in [6.07, 6.45) is 0.0455. The number of aliphatic hydroxyl groups is 1. The van der Waals surface area contributed by atoms with E-state index < -0.39 is 17.9 Å². The van der Waals surface area contributed by atoms with Crippen LogP contribution in [0.25, 0.3) is 0 Å². The number of aliphatic hydroxyl groups excluding tert-OH is 1. The van der Waals surface area contributed by atoms with Crippen LogP contribution in [0.15, 0.2) is 42.5 Å². The number of amides is 2. The van der Waals surface area contributed by atoms with Crippen molar-refractivity contribution in [1.82, 2.24) is 5.32 Å². The zero-order chi connectivity index (χ0) is 20.1. The molecule has 28 heavy (non-hydrogen) atoms. The minimum atomic E-state index is -0.885. The molecule has 0 fully saturated rings. The molecule has 0 aromatic heterocycles. The number of rotatable bonds is 6. The summed E-state index contributed by atoms with van der Waals surface area (Å²) >= 11 is 0. The molecule has 3 N–H and O–H groups in total. The molecule has 0 saturated heterocycles. The minimum Gasteiger partial charge on any atom is -0.492 e. The quantitative estimate of drug-likeness (QED) is 0.663. The van der Waals surface area contributed by atoms with Crippen molar-refractivity contribution < 1.29 is 19.4 Å². The molecule has 1 atom stereocenters. The lowest BCUT2D eigenvalue weighted by atomic mass is 10.0. The Morgan fingerprint density at radius 1 is 1.21 bits per heavy atom. The second-order valence-corrected chi connectivity index (χ2v) is 6.67. The van der Waals surface area contributed by atoms with E-state index in [1.165, 1.54) is 5.56 Å². The van der Waals surface area contributed by atoms with Crippen LogP contribution in [0.2, 0.25) is 0 Å². The fourth-order valence-corrected chi connectivity index (χ4v) is 3.21. The van der Waals surface area contributed by atoms with E-state index in [0.717, 1.165) is 24.2 Å². The fraction of sp³-hybridized carbons (Fsp3) is 0.333. The summed E-state index contributed by atoms with van der Waals surface area (Å²) in [5.74, 6) is -1.13. The van der Waals surface area contributed by atoms with Crippen LogP contribution >= 0.6 is 0 Å². The van der Waals surface area contributed by atoms with Gasteiger partial charge in [-0.25, -0.2) is 0 Å². The van der Waals surface area contributed by atoms with Crippen LogP contribution in [0.4, 0.5) is 11.4 Å². The maximum atomic E-state index is 12.1. The van der Waals surface area contributed by atoms with Gasteiger partial charge in [-0.3, -0.25) is 9.59 Å². The van der Waals surface area contributed by atoms with E-state index in [-0.39, 0.29) is 6.54 Å². The Hall–Kier alpha value is -3.06. The number of ether oxygens (including phenoxy) is 1. The van der Waals surface area contributed by atoms with Crippen molar-refractivity contribution in [2.45, 2.75) is 19.4 Å². The molecule has 0 saturated carbocycles. The van der Waals surface area contributed by atoms with Gasteiger partial charge in [-0.1, -0.05) is 24.3 Å². The van der Waals surface area contributed by atoms with Crippen molar-refractivity contribution in [1.29, 1.82) is 0 Å². The molecular formula is C21H25N3O4. The largest absolute Gasteiger partial charge is 0.492 e. The van der Waals surface area contributed by atoms with Gasteiger partial charge in [-0.15, -0.1) is 0 Å². The number of fused-ring (bicyclic) bond motifs is 1. The first-order valence-electron chi connectivity index (χ1n) is 9.32. The number of nitrogens with one attached hydrogen (secondary N) is 2. The molecule has 0 bridgehead atoms. The molecule has 7 nitrogen and oxygen atoms in total. The van der Waals surface area contributed by atoms with Crippen LogP contribution < -0.4 is 20.3 Å². The standard InChI is InChI=1S/C21H25N3O4/c1-3-28-19-7-5-4-6-16(19)23-21(27)20(26)22-13-18(25)15-8-9-17-14(12-15)10-11-24(17)2/h4-9,12,18,25H,3,10-11,13H2,1-2H3,(H,22,26)(H,23,27). The van der Waals surface area contributed by atoms with Crippen LogP contribution in [0.5, 0.6) is 5.75 Å². The monoisotopic (exact) mass is 383 g/mol. The first-order chi connectivity index (χ1) is 13.5. The molecule has 2 aromatic carbocycles. The highest BCUT2D eigenvalue weighted by Crippen LogP contribution is 2.29. The average molecular weight is 383 g/mol. The van der Waals surface area contributed by atoms with Gasteiger partial charge in [-0.2, -0.15) is 0 Å². The second-order valence-electron chi connectivity index (χ2n) is 6.67. The molecule has 0 aliphatic carbocycles. The third-order valence-electron chi connectivity index (χ3n) is 4.71. The number of nitrogens with zero attached hydrogens (tertiary/aromatic N) is 1. The third kappa shape index (κ3) is 4.43. The number of hydrogen-bond acceptors (Lipinski definition) is 5. The lowest BCUT2D eigenvalue weighted by Gasteiger charge is -2.16. The number of likely N-dealkylation sites (N-methyl/N-ethyl adjacent to an activating group) is 1. The molecule has 1 aliphatic heterocycles. The van der Waals surface area contributed by atoms with E-state index in [1.54, 1.807) is 24.3 Å². The minimum absolute atomic E-state index is 0.0476. The second kappa shape index (κ2) is 8.75. The molecule has 0 spiro atoms. The highest BCUT2D eigenvalue weighted by atomic mass is 16.5. The number of benzene rings is 2.